The van der Waals surface area contributed by atoms with Gasteiger partial charge in [-0.1, -0.05) is 0 Å². The molecule has 1 amide bonds. The molecule has 3 rings (SSSR count). The second-order valence-electron chi connectivity index (χ2n) is 5.20. The molecule has 1 atom stereocenters. The standard InChI is InChI=1S/C17H18N4OS2/c1-23-10-6-15(21-8-2-3-9-21)16(22)20-17-19-14(12-24-17)13-5-4-7-18-11-13/h2-5,7-9,11-12,15H,6,10H2,1H3,(H,19,20,22)/t15-/m0/s1. The Kier molecular flexibility index (Phi) is 5.66. The Morgan fingerprint density at radius 3 is 2.92 bits per heavy atom. The van der Waals surface area contributed by atoms with Gasteiger partial charge in [0.1, 0.15) is 6.04 Å². The first-order valence-corrected chi connectivity index (χ1v) is 9.83. The molecule has 0 aliphatic carbocycles. The number of nitrogens with zero attached hydrogens (tertiary/aromatic N) is 3. The Bertz CT molecular complexity index is 771. The number of hydrogen-bond donors (Lipinski definition) is 1. The second kappa shape index (κ2) is 8.12. The summed E-state index contributed by atoms with van der Waals surface area (Å²) < 4.78 is 1.95. The van der Waals surface area contributed by atoms with Crippen LogP contribution in [0.2, 0.25) is 0 Å². The molecule has 0 aliphatic heterocycles. The molecule has 7 heteroatoms. The molecule has 3 heterocycles. The largest absolute Gasteiger partial charge is 0.342 e. The van der Waals surface area contributed by atoms with Crippen LogP contribution in [0.3, 0.4) is 0 Å². The molecule has 0 radical (unpaired) electrons. The number of carbonyl (C=O) groups excluding carboxylic acids is 1. The molecule has 0 bridgehead atoms. The smallest absolute Gasteiger partial charge is 0.249 e. The summed E-state index contributed by atoms with van der Waals surface area (Å²) in [4.78, 5) is 21.3. The lowest BCUT2D eigenvalue weighted by molar-refractivity contribution is -0.119. The summed E-state index contributed by atoms with van der Waals surface area (Å²) in [6, 6.07) is 7.47. The van der Waals surface area contributed by atoms with Crippen LogP contribution < -0.4 is 5.32 Å². The van der Waals surface area contributed by atoms with Crippen molar-refractivity contribution in [3.05, 3.63) is 54.4 Å². The molecule has 5 nitrogen and oxygen atoms in total. The Labute approximate surface area is 149 Å². The summed E-state index contributed by atoms with van der Waals surface area (Å²) in [5.41, 5.74) is 1.77. The number of thiazole rings is 1. The van der Waals surface area contributed by atoms with E-state index < -0.39 is 0 Å². The summed E-state index contributed by atoms with van der Waals surface area (Å²) >= 11 is 3.16. The first-order chi connectivity index (χ1) is 11.8. The number of anilines is 1. The third-order valence-electron chi connectivity index (χ3n) is 3.58. The van der Waals surface area contributed by atoms with E-state index in [4.69, 9.17) is 0 Å². The van der Waals surface area contributed by atoms with Gasteiger partial charge in [0.05, 0.1) is 5.69 Å². The third kappa shape index (κ3) is 4.04. The van der Waals surface area contributed by atoms with Gasteiger partial charge in [-0.3, -0.25) is 9.78 Å². The maximum atomic E-state index is 12.7. The minimum absolute atomic E-state index is 0.0349. The van der Waals surface area contributed by atoms with Crippen molar-refractivity contribution in [2.75, 3.05) is 17.3 Å². The maximum Gasteiger partial charge on any atom is 0.249 e. The molecule has 0 saturated heterocycles. The highest BCUT2D eigenvalue weighted by atomic mass is 32.2. The normalized spacial score (nSPS) is 12.0. The van der Waals surface area contributed by atoms with Gasteiger partial charge >= 0.3 is 0 Å². The van der Waals surface area contributed by atoms with Crippen molar-refractivity contribution in [2.24, 2.45) is 0 Å². The fraction of sp³-hybridized carbons (Fsp3) is 0.235. The Morgan fingerprint density at radius 1 is 1.38 bits per heavy atom. The van der Waals surface area contributed by atoms with Crippen LogP contribution in [0, 0.1) is 0 Å². The molecule has 0 fully saturated rings. The van der Waals surface area contributed by atoms with Gasteiger partial charge in [0, 0.05) is 35.7 Å². The zero-order chi connectivity index (χ0) is 16.8. The predicted octanol–water partition coefficient (Wildman–Crippen LogP) is 3.94. The summed E-state index contributed by atoms with van der Waals surface area (Å²) in [6.07, 6.45) is 10.2. The molecule has 0 aliphatic rings. The van der Waals surface area contributed by atoms with E-state index in [1.807, 2.05) is 52.9 Å². The van der Waals surface area contributed by atoms with Crippen LogP contribution in [-0.4, -0.2) is 32.5 Å². The fourth-order valence-electron chi connectivity index (χ4n) is 2.37. The number of thioether (sulfide) groups is 1. The molecule has 24 heavy (non-hydrogen) atoms. The van der Waals surface area contributed by atoms with Gasteiger partial charge < -0.3 is 9.88 Å². The van der Waals surface area contributed by atoms with Crippen LogP contribution in [0.25, 0.3) is 11.3 Å². The van der Waals surface area contributed by atoms with Crippen LogP contribution in [0.1, 0.15) is 12.5 Å². The quantitative estimate of drug-likeness (QED) is 0.695. The monoisotopic (exact) mass is 358 g/mol. The maximum absolute atomic E-state index is 12.7. The molecule has 0 saturated carbocycles. The molecule has 124 valence electrons. The first-order valence-electron chi connectivity index (χ1n) is 7.56. The summed E-state index contributed by atoms with van der Waals surface area (Å²) in [5, 5.41) is 5.49. The first kappa shape index (κ1) is 16.7. The number of amides is 1. The number of carbonyl (C=O) groups is 1. The van der Waals surface area contributed by atoms with Crippen LogP contribution in [0.15, 0.2) is 54.4 Å². The van der Waals surface area contributed by atoms with Gasteiger partial charge in [0.15, 0.2) is 5.13 Å². The molecule has 0 unspecified atom stereocenters. The van der Waals surface area contributed by atoms with E-state index in [1.54, 1.807) is 24.2 Å². The van der Waals surface area contributed by atoms with Gasteiger partial charge in [0.2, 0.25) is 5.91 Å². The second-order valence-corrected chi connectivity index (χ2v) is 7.04. The zero-order valence-electron chi connectivity index (χ0n) is 13.3. The van der Waals surface area contributed by atoms with E-state index in [-0.39, 0.29) is 11.9 Å². The van der Waals surface area contributed by atoms with E-state index in [0.29, 0.717) is 5.13 Å². The highest BCUT2D eigenvalue weighted by molar-refractivity contribution is 7.98. The van der Waals surface area contributed by atoms with Crippen molar-refractivity contribution in [1.29, 1.82) is 0 Å². The fourth-order valence-corrected chi connectivity index (χ4v) is 3.55. The van der Waals surface area contributed by atoms with Crippen molar-refractivity contribution < 1.29 is 4.79 Å². The number of rotatable bonds is 7. The summed E-state index contributed by atoms with van der Waals surface area (Å²) in [7, 11) is 0. The molecule has 1 N–H and O–H groups in total. The zero-order valence-corrected chi connectivity index (χ0v) is 14.9. The lowest BCUT2D eigenvalue weighted by Gasteiger charge is -2.17. The molecular weight excluding hydrogens is 340 g/mol. The van der Waals surface area contributed by atoms with Crippen LogP contribution >= 0.6 is 23.1 Å². The van der Waals surface area contributed by atoms with Gasteiger partial charge in [0.25, 0.3) is 0 Å². The Morgan fingerprint density at radius 2 is 2.21 bits per heavy atom. The average molecular weight is 358 g/mol. The number of hydrogen-bond acceptors (Lipinski definition) is 5. The molecular formula is C17H18N4OS2. The van der Waals surface area contributed by atoms with Crippen LogP contribution in [0.5, 0.6) is 0 Å². The van der Waals surface area contributed by atoms with Gasteiger partial charge in [-0.15, -0.1) is 11.3 Å². The van der Waals surface area contributed by atoms with E-state index >= 15 is 0 Å². The highest BCUT2D eigenvalue weighted by Gasteiger charge is 2.20. The van der Waals surface area contributed by atoms with E-state index in [2.05, 4.69) is 15.3 Å². The Hall–Kier alpha value is -2.12. The minimum Gasteiger partial charge on any atom is -0.342 e. The van der Waals surface area contributed by atoms with Crippen molar-refractivity contribution >= 4 is 34.1 Å². The molecule has 3 aromatic heterocycles. The number of pyridine rings is 1. The van der Waals surface area contributed by atoms with Gasteiger partial charge in [-0.2, -0.15) is 11.8 Å². The van der Waals surface area contributed by atoms with Crippen LogP contribution in [0.4, 0.5) is 5.13 Å². The van der Waals surface area contributed by atoms with Crippen molar-refractivity contribution in [3.63, 3.8) is 0 Å². The van der Waals surface area contributed by atoms with Gasteiger partial charge in [-0.05, 0) is 42.7 Å². The van der Waals surface area contributed by atoms with Gasteiger partial charge in [-0.25, -0.2) is 4.98 Å². The summed E-state index contributed by atoms with van der Waals surface area (Å²) in [5.74, 6) is 0.891. The Balaban J connectivity index is 1.72. The van der Waals surface area contributed by atoms with Crippen molar-refractivity contribution in [1.82, 2.24) is 14.5 Å². The van der Waals surface area contributed by atoms with E-state index in [0.717, 1.165) is 23.4 Å². The van der Waals surface area contributed by atoms with Crippen LogP contribution in [-0.2, 0) is 4.79 Å². The SMILES string of the molecule is CSCC[C@@H](C(=O)Nc1nc(-c2cccnc2)cs1)n1cccc1. The minimum atomic E-state index is -0.224. The number of aromatic nitrogens is 3. The lowest BCUT2D eigenvalue weighted by Crippen LogP contribution is -2.25. The van der Waals surface area contributed by atoms with Crippen molar-refractivity contribution in [3.8, 4) is 11.3 Å². The summed E-state index contributed by atoms with van der Waals surface area (Å²) in [6.45, 7) is 0. The topological polar surface area (TPSA) is 59.8 Å². The molecule has 0 spiro atoms. The van der Waals surface area contributed by atoms with Crippen molar-refractivity contribution in [2.45, 2.75) is 12.5 Å². The van der Waals surface area contributed by atoms with E-state index in [1.165, 1.54) is 11.3 Å². The third-order valence-corrected chi connectivity index (χ3v) is 4.98. The van der Waals surface area contributed by atoms with E-state index in [9.17, 15) is 4.79 Å². The lowest BCUT2D eigenvalue weighted by atomic mass is 10.2. The molecule has 3 aromatic rings. The number of nitrogens with one attached hydrogen (secondary N) is 1. The average Bonchev–Trinajstić information content (AvgIpc) is 3.28. The highest BCUT2D eigenvalue weighted by Crippen LogP contribution is 2.25. The molecule has 0 aromatic carbocycles. The predicted molar refractivity (Wildman–Crippen MR) is 100 cm³/mol.